The van der Waals surface area contributed by atoms with E-state index >= 15 is 0 Å². The summed E-state index contributed by atoms with van der Waals surface area (Å²) < 4.78 is 30.9. The van der Waals surface area contributed by atoms with Crippen LogP contribution in [0.15, 0.2) is 23.7 Å². The van der Waals surface area contributed by atoms with Crippen molar-refractivity contribution >= 4 is 42.6 Å². The summed E-state index contributed by atoms with van der Waals surface area (Å²) in [5.41, 5.74) is 2.93. The van der Waals surface area contributed by atoms with Crippen molar-refractivity contribution in [2.75, 3.05) is 23.7 Å². The third-order valence-electron chi connectivity index (χ3n) is 3.43. The zero-order valence-corrected chi connectivity index (χ0v) is 13.9. The van der Waals surface area contributed by atoms with E-state index in [0.717, 1.165) is 29.6 Å². The fraction of sp³-hybridized carbons (Fsp3) is 0.462. The zero-order valence-electron chi connectivity index (χ0n) is 11.5. The molecule has 0 amide bonds. The number of hydrogen-bond acceptors (Lipinski definition) is 5. The van der Waals surface area contributed by atoms with E-state index in [2.05, 4.69) is 9.29 Å². The first-order valence-corrected chi connectivity index (χ1v) is 10.1. The van der Waals surface area contributed by atoms with Gasteiger partial charge in [0, 0.05) is 11.1 Å². The summed E-state index contributed by atoms with van der Waals surface area (Å²) in [4.78, 5) is 4.44. The molecule has 1 aromatic carbocycles. The second-order valence-corrected chi connectivity index (χ2v) is 8.92. The second kappa shape index (κ2) is 5.81. The van der Waals surface area contributed by atoms with Crippen molar-refractivity contribution in [1.29, 1.82) is 0 Å². The van der Waals surface area contributed by atoms with E-state index < -0.39 is 10.1 Å². The molecular weight excluding hydrogens is 332 g/mol. The van der Waals surface area contributed by atoms with Crippen molar-refractivity contribution in [3.8, 4) is 0 Å². The maximum atomic E-state index is 11.2. The van der Waals surface area contributed by atoms with E-state index in [1.807, 2.05) is 23.7 Å². The highest BCUT2D eigenvalue weighted by Gasteiger charge is 2.30. The Morgan fingerprint density at radius 1 is 1.38 bits per heavy atom. The van der Waals surface area contributed by atoms with Crippen molar-refractivity contribution < 1.29 is 12.6 Å². The molecule has 21 heavy (non-hydrogen) atoms. The Hall–Kier alpha value is -0.730. The topological polar surface area (TPSA) is 59.5 Å². The average molecular weight is 348 g/mol. The lowest BCUT2D eigenvalue weighted by atomic mass is 10.1. The van der Waals surface area contributed by atoms with Crippen LogP contribution in [0, 0.1) is 0 Å². The van der Waals surface area contributed by atoms with Crippen molar-refractivity contribution in [2.24, 2.45) is 0 Å². The minimum Gasteiger partial charge on any atom is -0.267 e. The summed E-state index contributed by atoms with van der Waals surface area (Å²) in [5.74, 6) is 0. The number of thiazole rings is 1. The lowest BCUT2D eigenvalue weighted by Gasteiger charge is -2.25. The van der Waals surface area contributed by atoms with Crippen LogP contribution in [0.2, 0.25) is 5.02 Å². The van der Waals surface area contributed by atoms with Crippen LogP contribution >= 0.6 is 22.3 Å². The first kappa shape index (κ1) is 15.2. The highest BCUT2D eigenvalue weighted by molar-refractivity contribution is 7.86. The predicted octanol–water partition coefficient (Wildman–Crippen LogP) is 2.71. The van der Waals surface area contributed by atoms with Gasteiger partial charge < -0.3 is 0 Å². The fourth-order valence-electron chi connectivity index (χ4n) is 2.50. The molecule has 0 N–H and O–H groups in total. The van der Waals surface area contributed by atoms with Gasteiger partial charge in [0.1, 0.15) is 5.52 Å². The second-order valence-electron chi connectivity index (χ2n) is 5.09. The van der Waals surface area contributed by atoms with Crippen molar-refractivity contribution in [1.82, 2.24) is 4.98 Å². The Balaban J connectivity index is 1.75. The molecule has 1 aliphatic heterocycles. The molecule has 0 spiro atoms. The van der Waals surface area contributed by atoms with E-state index in [-0.39, 0.29) is 16.8 Å². The minimum atomic E-state index is -3.37. The highest BCUT2D eigenvalue weighted by Crippen LogP contribution is 2.35. The average Bonchev–Trinajstić information content (AvgIpc) is 2.81. The van der Waals surface area contributed by atoms with Gasteiger partial charge in [0.15, 0.2) is 0 Å². The Morgan fingerprint density at radius 3 is 2.76 bits per heavy atom. The number of nitrogens with zero attached hydrogens (tertiary/aromatic N) is 2. The molecule has 3 rings (SSSR count). The van der Waals surface area contributed by atoms with Gasteiger partial charge in [-0.2, -0.15) is 13.4 Å². The number of halogens is 1. The van der Waals surface area contributed by atoms with Gasteiger partial charge >= 0.3 is 0 Å². The summed E-state index contributed by atoms with van der Waals surface area (Å²) in [6.45, 7) is 1.59. The summed E-state index contributed by atoms with van der Waals surface area (Å²) in [6, 6.07) is 5.74. The minimum absolute atomic E-state index is 0.185. The van der Waals surface area contributed by atoms with Crippen molar-refractivity contribution in [3.05, 3.63) is 28.7 Å². The third-order valence-corrected chi connectivity index (χ3v) is 6.29. The van der Waals surface area contributed by atoms with Gasteiger partial charge in [0.05, 0.1) is 36.1 Å². The molecule has 2 heterocycles. The number of benzene rings is 1. The number of hydrogen-bond donors (Lipinski definition) is 0. The van der Waals surface area contributed by atoms with Crippen LogP contribution < -0.4 is 4.31 Å². The van der Waals surface area contributed by atoms with Crippen LogP contribution in [-0.2, 0) is 14.3 Å². The summed E-state index contributed by atoms with van der Waals surface area (Å²) >= 11 is 6.07. The molecule has 0 saturated carbocycles. The first-order valence-electron chi connectivity index (χ1n) is 6.62. The third kappa shape index (κ3) is 3.54. The van der Waals surface area contributed by atoms with Crippen LogP contribution in [0.5, 0.6) is 0 Å². The molecule has 1 aromatic heterocycles. The van der Waals surface area contributed by atoms with Crippen LogP contribution in [0.4, 0.5) is 0 Å². The summed E-state index contributed by atoms with van der Waals surface area (Å²) in [7, 11) is -3.56. The van der Waals surface area contributed by atoms with Gasteiger partial charge in [-0.15, -0.1) is 4.31 Å². The largest absolute Gasteiger partial charge is 0.267 e. The zero-order chi connectivity index (χ0) is 15.0. The molecular formula is C13H16ClN2O3S2+. The lowest BCUT2D eigenvalue weighted by molar-refractivity contribution is 0.182. The highest BCUT2D eigenvalue weighted by atomic mass is 35.5. The van der Waals surface area contributed by atoms with Crippen LogP contribution in [0.25, 0.3) is 10.2 Å². The normalized spacial score (nSPS) is 19.2. The molecule has 1 unspecified atom stereocenters. The molecule has 8 heteroatoms. The lowest BCUT2D eigenvalue weighted by Crippen LogP contribution is -2.36. The SMILES string of the molecule is CS(=O)(=O)OC1CCN([s+]2cnc3ccc(Cl)cc32)CC1. The molecule has 1 atom stereocenters. The Morgan fingerprint density at radius 2 is 2.10 bits per heavy atom. The van der Waals surface area contributed by atoms with Crippen molar-refractivity contribution in [2.45, 2.75) is 18.9 Å². The van der Waals surface area contributed by atoms with E-state index in [1.54, 1.807) is 0 Å². The molecule has 0 bridgehead atoms. The molecule has 1 aliphatic rings. The standard InChI is InChI=1S/C13H16ClN2O3S2/c1-21(17,18)19-11-4-6-16(7-5-11)20-9-15-12-3-2-10(14)8-13(12)20/h2-3,8-9,11H,4-7H2,1H3/q+1. The van der Waals surface area contributed by atoms with Gasteiger partial charge in [-0.3, -0.25) is 4.18 Å². The van der Waals surface area contributed by atoms with Crippen LogP contribution in [0.1, 0.15) is 12.8 Å². The van der Waals surface area contributed by atoms with Crippen LogP contribution in [-0.4, -0.2) is 38.9 Å². The molecule has 2 aromatic rings. The van der Waals surface area contributed by atoms with E-state index in [4.69, 9.17) is 15.8 Å². The molecule has 0 aliphatic carbocycles. The van der Waals surface area contributed by atoms with Crippen LogP contribution in [0.3, 0.4) is 0 Å². The number of fused-ring (bicyclic) bond motifs is 1. The van der Waals surface area contributed by atoms with Crippen molar-refractivity contribution in [3.63, 3.8) is 0 Å². The molecule has 1 fully saturated rings. The van der Waals surface area contributed by atoms with E-state index in [1.165, 1.54) is 0 Å². The maximum Gasteiger partial charge on any atom is 0.264 e. The van der Waals surface area contributed by atoms with Gasteiger partial charge in [0.2, 0.25) is 4.70 Å². The fourth-order valence-corrected chi connectivity index (χ4v) is 5.35. The van der Waals surface area contributed by atoms with E-state index in [0.29, 0.717) is 17.9 Å². The smallest absolute Gasteiger partial charge is 0.264 e. The Bertz CT molecular complexity index is 752. The molecule has 114 valence electrons. The monoisotopic (exact) mass is 347 g/mol. The number of rotatable bonds is 3. The summed E-state index contributed by atoms with van der Waals surface area (Å²) in [6.07, 6.45) is 2.31. The quantitative estimate of drug-likeness (QED) is 0.631. The molecule has 1 saturated heterocycles. The Kier molecular flexibility index (Phi) is 4.20. The first-order chi connectivity index (χ1) is 9.92. The summed E-state index contributed by atoms with van der Waals surface area (Å²) in [5, 5.41) is 0.715. The van der Waals surface area contributed by atoms with E-state index in [9.17, 15) is 8.42 Å². The van der Waals surface area contributed by atoms with Gasteiger partial charge in [-0.25, -0.2) is 0 Å². The van der Waals surface area contributed by atoms with Gasteiger partial charge in [0.25, 0.3) is 15.6 Å². The molecule has 0 radical (unpaired) electrons. The Labute approximate surface area is 131 Å². The number of piperidine rings is 1. The predicted molar refractivity (Wildman–Crippen MR) is 86.1 cm³/mol. The molecule has 5 nitrogen and oxygen atoms in total. The number of aromatic nitrogens is 1. The van der Waals surface area contributed by atoms with Gasteiger partial charge in [-0.05, 0) is 25.0 Å². The van der Waals surface area contributed by atoms with Gasteiger partial charge in [-0.1, -0.05) is 11.6 Å². The maximum absolute atomic E-state index is 11.2.